The highest BCUT2D eigenvalue weighted by atomic mass is 16.5. The minimum absolute atomic E-state index is 0.0335. The standard InChI is InChI=1S/C34H43N3O4/c1-33(2,3)27-28(36-20-24-19-25(15-16-26(24)41-4)34(21-35)17-18-34)29(22-11-7-5-8-12-22)37(30(27)32(39)40)31(38)23-13-9-6-10-14-23/h5,7-8,11-12,15-16,19,23,27-30,36H,6,9-10,13-14,17-18,20H2,1-4H3,(H,39,40)/t27-,28-,29-,30-/m0/s1. The van der Waals surface area contributed by atoms with Crippen molar-refractivity contribution >= 4 is 11.9 Å². The molecule has 2 aliphatic carbocycles. The van der Waals surface area contributed by atoms with Crippen LogP contribution >= 0.6 is 0 Å². The summed E-state index contributed by atoms with van der Waals surface area (Å²) in [4.78, 5) is 29.1. The van der Waals surface area contributed by atoms with Crippen LogP contribution in [-0.2, 0) is 21.5 Å². The number of rotatable bonds is 8. The third-order valence-corrected chi connectivity index (χ3v) is 9.59. The summed E-state index contributed by atoms with van der Waals surface area (Å²) in [6.45, 7) is 6.65. The number of carbonyl (C=O) groups is 2. The lowest BCUT2D eigenvalue weighted by Gasteiger charge is -2.36. The lowest BCUT2D eigenvalue weighted by Crippen LogP contribution is -2.49. The molecule has 7 heteroatoms. The molecule has 5 rings (SSSR count). The third kappa shape index (κ3) is 5.59. The molecule has 3 fully saturated rings. The zero-order chi connectivity index (χ0) is 29.4. The van der Waals surface area contributed by atoms with E-state index >= 15 is 0 Å². The second-order valence-electron chi connectivity index (χ2n) is 13.2. The highest BCUT2D eigenvalue weighted by Crippen LogP contribution is 2.50. The zero-order valence-corrected chi connectivity index (χ0v) is 24.7. The Hall–Kier alpha value is -3.37. The quantitative estimate of drug-likeness (QED) is 0.414. The van der Waals surface area contributed by atoms with Gasteiger partial charge in [-0.1, -0.05) is 76.4 Å². The van der Waals surface area contributed by atoms with E-state index in [0.29, 0.717) is 6.54 Å². The Balaban J connectivity index is 1.57. The molecule has 41 heavy (non-hydrogen) atoms. The van der Waals surface area contributed by atoms with Gasteiger partial charge in [-0.15, -0.1) is 0 Å². The molecule has 1 saturated heterocycles. The van der Waals surface area contributed by atoms with Crippen LogP contribution in [0.4, 0.5) is 0 Å². The maximum atomic E-state index is 14.3. The van der Waals surface area contributed by atoms with E-state index < -0.39 is 28.9 Å². The number of methoxy groups -OCH3 is 1. The lowest BCUT2D eigenvalue weighted by molar-refractivity contribution is -0.154. The molecule has 2 saturated carbocycles. The second kappa shape index (κ2) is 11.5. The van der Waals surface area contributed by atoms with Crippen LogP contribution in [0, 0.1) is 28.6 Å². The third-order valence-electron chi connectivity index (χ3n) is 9.59. The number of aliphatic carboxylic acids is 1. The van der Waals surface area contributed by atoms with Gasteiger partial charge >= 0.3 is 5.97 Å². The largest absolute Gasteiger partial charge is 0.496 e. The van der Waals surface area contributed by atoms with Gasteiger partial charge in [0.2, 0.25) is 5.91 Å². The van der Waals surface area contributed by atoms with Crippen molar-refractivity contribution in [2.45, 2.75) is 95.8 Å². The van der Waals surface area contributed by atoms with Crippen LogP contribution < -0.4 is 10.1 Å². The van der Waals surface area contributed by atoms with Gasteiger partial charge in [0.25, 0.3) is 0 Å². The van der Waals surface area contributed by atoms with Gasteiger partial charge in [-0.05, 0) is 54.4 Å². The van der Waals surface area contributed by atoms with E-state index in [1.165, 1.54) is 0 Å². The van der Waals surface area contributed by atoms with E-state index in [-0.39, 0.29) is 23.8 Å². The van der Waals surface area contributed by atoms with E-state index in [9.17, 15) is 20.0 Å². The van der Waals surface area contributed by atoms with Crippen molar-refractivity contribution in [1.82, 2.24) is 10.2 Å². The summed E-state index contributed by atoms with van der Waals surface area (Å²) >= 11 is 0. The normalized spacial score (nSPS) is 25.9. The van der Waals surface area contributed by atoms with Crippen molar-refractivity contribution in [3.63, 3.8) is 0 Å². The Morgan fingerprint density at radius 2 is 1.78 bits per heavy atom. The number of likely N-dealkylation sites (tertiary alicyclic amines) is 1. The number of carboxylic acid groups (broad SMARTS) is 1. The molecule has 1 heterocycles. The average Bonchev–Trinajstić information content (AvgIpc) is 3.69. The lowest BCUT2D eigenvalue weighted by atomic mass is 9.72. The fourth-order valence-corrected chi connectivity index (χ4v) is 7.32. The van der Waals surface area contributed by atoms with Gasteiger partial charge in [-0.25, -0.2) is 4.79 Å². The number of ether oxygens (including phenoxy) is 1. The molecule has 1 aliphatic heterocycles. The van der Waals surface area contributed by atoms with Crippen LogP contribution in [-0.4, -0.2) is 41.1 Å². The second-order valence-corrected chi connectivity index (χ2v) is 13.2. The molecule has 0 bridgehead atoms. The van der Waals surface area contributed by atoms with Gasteiger partial charge in [-0.3, -0.25) is 4.79 Å². The fourth-order valence-electron chi connectivity index (χ4n) is 7.32. The van der Waals surface area contributed by atoms with E-state index in [0.717, 1.165) is 67.4 Å². The number of benzene rings is 2. The van der Waals surface area contributed by atoms with Crippen LogP contribution in [0.5, 0.6) is 5.75 Å². The van der Waals surface area contributed by atoms with Crippen LogP contribution in [0.3, 0.4) is 0 Å². The summed E-state index contributed by atoms with van der Waals surface area (Å²) in [5, 5.41) is 24.2. The molecule has 218 valence electrons. The summed E-state index contributed by atoms with van der Waals surface area (Å²) in [6, 6.07) is 16.6. The molecule has 0 spiro atoms. The first kappa shape index (κ1) is 29.1. The van der Waals surface area contributed by atoms with Gasteiger partial charge in [-0.2, -0.15) is 5.26 Å². The number of nitriles is 1. The Morgan fingerprint density at radius 1 is 1.10 bits per heavy atom. The highest BCUT2D eigenvalue weighted by Gasteiger charge is 2.58. The van der Waals surface area contributed by atoms with Crippen LogP contribution in [0.25, 0.3) is 0 Å². The Kier molecular flexibility index (Phi) is 8.16. The molecule has 7 nitrogen and oxygen atoms in total. The Morgan fingerprint density at radius 3 is 2.34 bits per heavy atom. The number of hydrogen-bond donors (Lipinski definition) is 2. The first-order valence-corrected chi connectivity index (χ1v) is 15.0. The molecule has 2 aromatic rings. The maximum Gasteiger partial charge on any atom is 0.326 e. The Bertz CT molecular complexity index is 1300. The first-order chi connectivity index (χ1) is 19.6. The van der Waals surface area contributed by atoms with Crippen molar-refractivity contribution in [3.05, 3.63) is 65.2 Å². The number of carbonyl (C=O) groups excluding carboxylic acids is 1. The number of hydrogen-bond acceptors (Lipinski definition) is 5. The summed E-state index contributed by atoms with van der Waals surface area (Å²) in [5.41, 5.74) is 2.03. The summed E-state index contributed by atoms with van der Waals surface area (Å²) < 4.78 is 5.70. The molecule has 4 atom stereocenters. The smallest absolute Gasteiger partial charge is 0.326 e. The molecular formula is C34H43N3O4. The molecule has 0 unspecified atom stereocenters. The molecule has 1 amide bonds. The minimum Gasteiger partial charge on any atom is -0.496 e. The molecule has 0 aromatic heterocycles. The van der Waals surface area contributed by atoms with E-state index in [1.54, 1.807) is 12.0 Å². The van der Waals surface area contributed by atoms with Gasteiger partial charge in [0, 0.05) is 30.0 Å². The maximum absolute atomic E-state index is 14.3. The molecule has 0 radical (unpaired) electrons. The number of nitrogens with zero attached hydrogens (tertiary/aromatic N) is 2. The van der Waals surface area contributed by atoms with Crippen LogP contribution in [0.1, 0.15) is 88.4 Å². The van der Waals surface area contributed by atoms with E-state index in [4.69, 9.17) is 4.74 Å². The monoisotopic (exact) mass is 557 g/mol. The van der Waals surface area contributed by atoms with Gasteiger partial charge in [0.15, 0.2) is 0 Å². The van der Waals surface area contributed by atoms with Gasteiger partial charge in [0.05, 0.1) is 24.6 Å². The molecule has 3 aliphatic rings. The van der Waals surface area contributed by atoms with Gasteiger partial charge < -0.3 is 20.1 Å². The molecule has 2 N–H and O–H groups in total. The van der Waals surface area contributed by atoms with Crippen molar-refractivity contribution < 1.29 is 19.4 Å². The molecular weight excluding hydrogens is 514 g/mol. The minimum atomic E-state index is -0.955. The van der Waals surface area contributed by atoms with E-state index in [2.05, 4.69) is 38.2 Å². The number of amides is 1. The van der Waals surface area contributed by atoms with Crippen LogP contribution in [0.2, 0.25) is 0 Å². The SMILES string of the molecule is COc1ccc(C2(C#N)CC2)cc1CN[C@H]1[C@H](C(C)(C)C)[C@@H](C(=O)O)N(C(=O)C2CCCCC2)[C@H]1c1ccccc1. The molecule has 2 aromatic carbocycles. The summed E-state index contributed by atoms with van der Waals surface area (Å²) in [7, 11) is 1.64. The number of nitrogens with one attached hydrogen (secondary N) is 1. The predicted octanol–water partition coefficient (Wildman–Crippen LogP) is 5.99. The Labute approximate surface area is 243 Å². The predicted molar refractivity (Wildman–Crippen MR) is 157 cm³/mol. The van der Waals surface area contributed by atoms with Crippen molar-refractivity contribution in [1.29, 1.82) is 5.26 Å². The summed E-state index contributed by atoms with van der Waals surface area (Å²) in [5.74, 6) is -0.756. The fraction of sp³-hybridized carbons (Fsp3) is 0.559. The van der Waals surface area contributed by atoms with Gasteiger partial charge in [0.1, 0.15) is 11.8 Å². The van der Waals surface area contributed by atoms with Crippen molar-refractivity contribution in [2.24, 2.45) is 17.3 Å². The first-order valence-electron chi connectivity index (χ1n) is 15.0. The average molecular weight is 558 g/mol. The summed E-state index contributed by atoms with van der Waals surface area (Å²) in [6.07, 6.45) is 6.46. The van der Waals surface area contributed by atoms with E-state index in [1.807, 2.05) is 42.5 Å². The highest BCUT2D eigenvalue weighted by molar-refractivity contribution is 5.87. The number of carboxylic acids is 1. The van der Waals surface area contributed by atoms with Crippen molar-refractivity contribution in [2.75, 3.05) is 7.11 Å². The van der Waals surface area contributed by atoms with Crippen molar-refractivity contribution in [3.8, 4) is 11.8 Å². The topological polar surface area (TPSA) is 103 Å². The zero-order valence-electron chi connectivity index (χ0n) is 24.7. The van der Waals surface area contributed by atoms with Crippen LogP contribution in [0.15, 0.2) is 48.5 Å².